The van der Waals surface area contributed by atoms with Crippen molar-refractivity contribution in [2.24, 2.45) is 12.0 Å². The van der Waals surface area contributed by atoms with Crippen LogP contribution in [-0.4, -0.2) is 23.1 Å². The Morgan fingerprint density at radius 3 is 3.21 bits per heavy atom. The molecule has 0 aromatic carbocycles. The van der Waals surface area contributed by atoms with Crippen LogP contribution in [0.15, 0.2) is 16.6 Å². The Hall–Kier alpha value is -0.940. The monoisotopic (exact) mass is 211 g/mol. The molecule has 1 aromatic rings. The van der Waals surface area contributed by atoms with Crippen molar-refractivity contribution in [2.45, 2.75) is 18.9 Å². The summed E-state index contributed by atoms with van der Waals surface area (Å²) in [6.07, 6.45) is 3.89. The number of thiazole rings is 1. The van der Waals surface area contributed by atoms with Crippen molar-refractivity contribution in [1.29, 1.82) is 0 Å². The van der Waals surface area contributed by atoms with Gasteiger partial charge in [0.15, 0.2) is 4.80 Å². The third-order valence-electron chi connectivity index (χ3n) is 2.32. The molecule has 0 unspecified atom stereocenters. The minimum Gasteiger partial charge on any atom is -0.327 e. The highest BCUT2D eigenvalue weighted by Gasteiger charge is 2.21. The average Bonchev–Trinajstić information content (AvgIpc) is 2.77. The standard InChI is InChI=1S/C9H13N3OS/c1-12-5-6-14-9(12)11-8(13)7-3-2-4-10-7/h5-7,10H,2-4H2,1H3/t7-/m1/s1. The van der Waals surface area contributed by atoms with Gasteiger partial charge in [0.1, 0.15) is 0 Å². The van der Waals surface area contributed by atoms with Gasteiger partial charge in [-0.3, -0.25) is 4.79 Å². The van der Waals surface area contributed by atoms with Crippen LogP contribution in [0.3, 0.4) is 0 Å². The quantitative estimate of drug-likeness (QED) is 0.724. The van der Waals surface area contributed by atoms with E-state index in [1.807, 2.05) is 23.2 Å². The van der Waals surface area contributed by atoms with Crippen molar-refractivity contribution < 1.29 is 4.79 Å². The minimum atomic E-state index is -0.0582. The number of aromatic nitrogens is 1. The second kappa shape index (κ2) is 4.06. The van der Waals surface area contributed by atoms with Gasteiger partial charge in [-0.15, -0.1) is 11.3 Å². The number of nitrogens with one attached hydrogen (secondary N) is 1. The van der Waals surface area contributed by atoms with Crippen molar-refractivity contribution in [3.63, 3.8) is 0 Å². The van der Waals surface area contributed by atoms with E-state index < -0.39 is 0 Å². The molecule has 1 atom stereocenters. The van der Waals surface area contributed by atoms with Crippen molar-refractivity contribution in [2.75, 3.05) is 6.54 Å². The molecule has 1 saturated heterocycles. The first kappa shape index (κ1) is 9.61. The van der Waals surface area contributed by atoms with E-state index in [-0.39, 0.29) is 11.9 Å². The molecule has 1 aliphatic heterocycles. The largest absolute Gasteiger partial charge is 0.327 e. The summed E-state index contributed by atoms with van der Waals surface area (Å²) in [5.74, 6) is -0.0412. The Labute approximate surface area is 86.3 Å². The topological polar surface area (TPSA) is 46.4 Å². The van der Waals surface area contributed by atoms with E-state index in [9.17, 15) is 4.79 Å². The van der Waals surface area contributed by atoms with E-state index in [0.29, 0.717) is 0 Å². The summed E-state index contributed by atoms with van der Waals surface area (Å²) >= 11 is 1.48. The first-order chi connectivity index (χ1) is 6.77. The fourth-order valence-electron chi connectivity index (χ4n) is 1.50. The first-order valence-corrected chi connectivity index (χ1v) is 5.57. The van der Waals surface area contributed by atoms with Gasteiger partial charge < -0.3 is 9.88 Å². The van der Waals surface area contributed by atoms with E-state index in [1.54, 1.807) is 0 Å². The smallest absolute Gasteiger partial charge is 0.265 e. The number of hydrogen-bond acceptors (Lipinski definition) is 3. The van der Waals surface area contributed by atoms with Crippen molar-refractivity contribution in [3.05, 3.63) is 16.4 Å². The zero-order valence-corrected chi connectivity index (χ0v) is 8.88. The zero-order valence-electron chi connectivity index (χ0n) is 8.06. The summed E-state index contributed by atoms with van der Waals surface area (Å²) in [5, 5.41) is 5.07. The third kappa shape index (κ3) is 1.93. The second-order valence-corrected chi connectivity index (χ2v) is 4.27. The third-order valence-corrected chi connectivity index (χ3v) is 3.17. The molecule has 4 nitrogen and oxygen atoms in total. The van der Waals surface area contributed by atoms with Gasteiger partial charge in [0.25, 0.3) is 5.91 Å². The molecule has 0 spiro atoms. The molecule has 1 aliphatic rings. The number of hydrogen-bond donors (Lipinski definition) is 1. The molecule has 14 heavy (non-hydrogen) atoms. The predicted octanol–water partition coefficient (Wildman–Crippen LogP) is 0.266. The molecule has 5 heteroatoms. The molecule has 0 saturated carbocycles. The molecule has 0 bridgehead atoms. The summed E-state index contributed by atoms with van der Waals surface area (Å²) in [6, 6.07) is -0.0582. The Morgan fingerprint density at radius 2 is 2.64 bits per heavy atom. The van der Waals surface area contributed by atoms with Crippen molar-refractivity contribution in [1.82, 2.24) is 9.88 Å². The second-order valence-electron chi connectivity index (χ2n) is 3.40. The van der Waals surface area contributed by atoms with Gasteiger partial charge in [-0.05, 0) is 19.4 Å². The molecular weight excluding hydrogens is 198 g/mol. The molecule has 1 N–H and O–H groups in total. The Kier molecular flexibility index (Phi) is 2.79. The highest BCUT2D eigenvalue weighted by atomic mass is 32.1. The van der Waals surface area contributed by atoms with Gasteiger partial charge in [0.05, 0.1) is 6.04 Å². The fraction of sp³-hybridized carbons (Fsp3) is 0.556. The molecule has 76 valence electrons. The number of carbonyl (C=O) groups is 1. The number of rotatable bonds is 1. The zero-order chi connectivity index (χ0) is 9.97. The Morgan fingerprint density at radius 1 is 1.79 bits per heavy atom. The van der Waals surface area contributed by atoms with Crippen LogP contribution >= 0.6 is 11.3 Å². The van der Waals surface area contributed by atoms with Gasteiger partial charge >= 0.3 is 0 Å². The Bertz CT molecular complexity index is 387. The van der Waals surface area contributed by atoms with Crippen molar-refractivity contribution >= 4 is 17.2 Å². The highest BCUT2D eigenvalue weighted by molar-refractivity contribution is 7.07. The molecule has 1 fully saturated rings. The lowest BCUT2D eigenvalue weighted by Crippen LogP contribution is -2.31. The van der Waals surface area contributed by atoms with Gasteiger partial charge in [0.2, 0.25) is 0 Å². The van der Waals surface area contributed by atoms with Crippen LogP contribution in [0.2, 0.25) is 0 Å². The summed E-state index contributed by atoms with van der Waals surface area (Å²) in [4.78, 5) is 16.5. The lowest BCUT2D eigenvalue weighted by atomic mass is 10.2. The molecule has 2 rings (SSSR count). The fourth-order valence-corrected chi connectivity index (χ4v) is 2.24. The van der Waals surface area contributed by atoms with Crippen LogP contribution < -0.4 is 10.1 Å². The number of carbonyl (C=O) groups excluding carboxylic acids is 1. The van der Waals surface area contributed by atoms with Crippen LogP contribution in [0.4, 0.5) is 0 Å². The number of nitrogens with zero attached hydrogens (tertiary/aromatic N) is 2. The lowest BCUT2D eigenvalue weighted by molar-refractivity contribution is -0.119. The SMILES string of the molecule is Cn1ccsc1=NC(=O)[C@H]1CCCN1. The predicted molar refractivity (Wildman–Crippen MR) is 54.9 cm³/mol. The Balaban J connectivity index is 2.17. The maximum atomic E-state index is 11.6. The molecule has 2 heterocycles. The molecule has 0 radical (unpaired) electrons. The van der Waals surface area contributed by atoms with Gasteiger partial charge in [-0.1, -0.05) is 0 Å². The van der Waals surface area contributed by atoms with Gasteiger partial charge in [-0.25, -0.2) is 0 Å². The van der Waals surface area contributed by atoms with Crippen LogP contribution in [-0.2, 0) is 11.8 Å². The maximum Gasteiger partial charge on any atom is 0.265 e. The van der Waals surface area contributed by atoms with Crippen LogP contribution in [0.1, 0.15) is 12.8 Å². The number of aryl methyl sites for hydroxylation is 1. The molecule has 1 aromatic heterocycles. The van der Waals surface area contributed by atoms with Gasteiger partial charge in [0, 0.05) is 18.6 Å². The minimum absolute atomic E-state index is 0.0412. The first-order valence-electron chi connectivity index (χ1n) is 4.69. The van der Waals surface area contributed by atoms with Gasteiger partial charge in [-0.2, -0.15) is 4.99 Å². The highest BCUT2D eigenvalue weighted by Crippen LogP contribution is 2.05. The van der Waals surface area contributed by atoms with Crippen LogP contribution in [0, 0.1) is 0 Å². The van der Waals surface area contributed by atoms with E-state index in [2.05, 4.69) is 10.3 Å². The summed E-state index contributed by atoms with van der Waals surface area (Å²) in [7, 11) is 1.89. The molecule has 0 aliphatic carbocycles. The van der Waals surface area contributed by atoms with Crippen molar-refractivity contribution in [3.8, 4) is 0 Å². The average molecular weight is 211 g/mol. The summed E-state index contributed by atoms with van der Waals surface area (Å²) < 4.78 is 1.86. The molecule has 1 amide bonds. The lowest BCUT2D eigenvalue weighted by Gasteiger charge is -2.02. The van der Waals surface area contributed by atoms with E-state index in [1.165, 1.54) is 11.3 Å². The van der Waals surface area contributed by atoms with E-state index in [0.717, 1.165) is 24.2 Å². The maximum absolute atomic E-state index is 11.6. The van der Waals surface area contributed by atoms with E-state index in [4.69, 9.17) is 0 Å². The summed E-state index contributed by atoms with van der Waals surface area (Å²) in [6.45, 7) is 0.933. The summed E-state index contributed by atoms with van der Waals surface area (Å²) in [5.41, 5.74) is 0. The van der Waals surface area contributed by atoms with Crippen LogP contribution in [0.25, 0.3) is 0 Å². The molecular formula is C9H13N3OS. The van der Waals surface area contributed by atoms with Crippen LogP contribution in [0.5, 0.6) is 0 Å². The number of amides is 1. The van der Waals surface area contributed by atoms with E-state index >= 15 is 0 Å². The normalized spacial score (nSPS) is 22.9.